The quantitative estimate of drug-likeness (QED) is 0.594. The maximum Gasteiger partial charge on any atom is 0.274 e. The van der Waals surface area contributed by atoms with E-state index in [4.69, 9.17) is 4.74 Å². The molecule has 1 unspecified atom stereocenters. The van der Waals surface area contributed by atoms with Crippen molar-refractivity contribution in [2.75, 3.05) is 18.4 Å². The van der Waals surface area contributed by atoms with Crippen molar-refractivity contribution in [1.82, 2.24) is 14.5 Å². The molecule has 1 aromatic heterocycles. The van der Waals surface area contributed by atoms with E-state index in [1.165, 1.54) is 17.7 Å². The summed E-state index contributed by atoms with van der Waals surface area (Å²) in [7, 11) is 0. The van der Waals surface area contributed by atoms with E-state index in [9.17, 15) is 14.0 Å². The summed E-state index contributed by atoms with van der Waals surface area (Å²) in [5, 5.41) is 3.02. The molecule has 2 aliphatic rings. The highest BCUT2D eigenvalue weighted by atomic mass is 19.1. The second kappa shape index (κ2) is 10.00. The fourth-order valence-electron chi connectivity index (χ4n) is 4.79. The number of ether oxygens (including phenoxy) is 1. The molecular formula is C27H29FN4O3. The van der Waals surface area contributed by atoms with Gasteiger partial charge in [0.05, 0.1) is 25.2 Å². The molecule has 0 spiro atoms. The third-order valence-electron chi connectivity index (χ3n) is 6.93. The lowest BCUT2D eigenvalue weighted by molar-refractivity contribution is -0.121. The summed E-state index contributed by atoms with van der Waals surface area (Å²) < 4.78 is 21.2. The Bertz CT molecular complexity index is 1220. The van der Waals surface area contributed by atoms with Gasteiger partial charge < -0.3 is 19.5 Å². The Hall–Kier alpha value is -3.52. The Balaban J connectivity index is 1.18. The van der Waals surface area contributed by atoms with Crippen LogP contribution < -0.4 is 5.32 Å². The number of hydrogen-bond donors (Lipinski definition) is 1. The maximum atomic E-state index is 13.2. The molecule has 3 heterocycles. The number of likely N-dealkylation sites (tertiary alicyclic amines) is 1. The lowest BCUT2D eigenvalue weighted by Gasteiger charge is -2.31. The molecule has 5 rings (SSSR count). The number of aryl methyl sites for hydroxylation is 1. The van der Waals surface area contributed by atoms with E-state index in [0.29, 0.717) is 38.2 Å². The highest BCUT2D eigenvalue weighted by Crippen LogP contribution is 2.29. The zero-order valence-electron chi connectivity index (χ0n) is 19.7. The first-order chi connectivity index (χ1) is 17.0. The van der Waals surface area contributed by atoms with Crippen LogP contribution in [0, 0.1) is 11.7 Å². The zero-order valence-corrected chi connectivity index (χ0v) is 19.7. The molecule has 2 aromatic carbocycles. The van der Waals surface area contributed by atoms with Gasteiger partial charge in [-0.3, -0.25) is 9.59 Å². The number of imidazole rings is 1. The SMILES string of the molecule is CCc1cccc(NC(=O)C2CCN(C(=O)c3ncn4c3COC(c3ccc(F)cc3)C4)CC2)c1. The molecule has 2 aliphatic heterocycles. The van der Waals surface area contributed by atoms with E-state index in [0.717, 1.165) is 23.4 Å². The Morgan fingerprint density at radius 3 is 2.66 bits per heavy atom. The summed E-state index contributed by atoms with van der Waals surface area (Å²) >= 11 is 0. The standard InChI is InChI=1S/C27H29FN4O3/c1-2-18-4-3-5-22(14-18)30-26(33)20-10-12-31(13-11-20)27(34)25-23-16-35-24(15-32(23)17-29-25)19-6-8-21(28)9-7-19/h3-9,14,17,20,24H,2,10-13,15-16H2,1H3,(H,30,33). The molecule has 1 fully saturated rings. The van der Waals surface area contributed by atoms with Crippen LogP contribution in [0.2, 0.25) is 0 Å². The van der Waals surface area contributed by atoms with Crippen molar-refractivity contribution in [2.45, 2.75) is 45.4 Å². The van der Waals surface area contributed by atoms with Crippen molar-refractivity contribution in [3.8, 4) is 0 Å². The molecule has 2 amide bonds. The van der Waals surface area contributed by atoms with E-state index in [-0.39, 0.29) is 36.3 Å². The van der Waals surface area contributed by atoms with E-state index >= 15 is 0 Å². The smallest absolute Gasteiger partial charge is 0.274 e. The number of carbonyl (C=O) groups is 2. The third-order valence-corrected chi connectivity index (χ3v) is 6.93. The molecule has 1 N–H and O–H groups in total. The van der Waals surface area contributed by atoms with Crippen LogP contribution >= 0.6 is 0 Å². The van der Waals surface area contributed by atoms with Crippen molar-refractivity contribution >= 4 is 17.5 Å². The minimum atomic E-state index is -0.285. The van der Waals surface area contributed by atoms with Crippen molar-refractivity contribution in [1.29, 1.82) is 0 Å². The predicted molar refractivity (Wildman–Crippen MR) is 129 cm³/mol. The zero-order chi connectivity index (χ0) is 24.4. The summed E-state index contributed by atoms with van der Waals surface area (Å²) in [6.45, 7) is 3.89. The van der Waals surface area contributed by atoms with Crippen molar-refractivity contribution < 1.29 is 18.7 Å². The molecule has 1 atom stereocenters. The van der Waals surface area contributed by atoms with Crippen LogP contribution in [0.25, 0.3) is 0 Å². The van der Waals surface area contributed by atoms with Gasteiger partial charge in [0.15, 0.2) is 5.69 Å². The van der Waals surface area contributed by atoms with Crippen LogP contribution in [0.3, 0.4) is 0 Å². The van der Waals surface area contributed by atoms with Crippen LogP contribution in [-0.4, -0.2) is 39.4 Å². The molecule has 8 heteroatoms. The largest absolute Gasteiger partial charge is 0.365 e. The number of aromatic nitrogens is 2. The highest BCUT2D eigenvalue weighted by Gasteiger charge is 2.32. The molecule has 1 saturated heterocycles. The number of benzene rings is 2. The molecule has 0 radical (unpaired) electrons. The van der Waals surface area contributed by atoms with Crippen LogP contribution in [0.4, 0.5) is 10.1 Å². The summed E-state index contributed by atoms with van der Waals surface area (Å²) in [6, 6.07) is 14.2. The van der Waals surface area contributed by atoms with Gasteiger partial charge in [-0.2, -0.15) is 0 Å². The maximum absolute atomic E-state index is 13.2. The molecule has 35 heavy (non-hydrogen) atoms. The Morgan fingerprint density at radius 2 is 1.91 bits per heavy atom. The van der Waals surface area contributed by atoms with E-state index in [2.05, 4.69) is 17.2 Å². The Morgan fingerprint density at radius 1 is 1.14 bits per heavy atom. The predicted octanol–water partition coefficient (Wildman–Crippen LogP) is 4.35. The molecule has 182 valence electrons. The average Bonchev–Trinajstić information content (AvgIpc) is 3.32. The van der Waals surface area contributed by atoms with Gasteiger partial charge in [0.1, 0.15) is 11.9 Å². The fourth-order valence-corrected chi connectivity index (χ4v) is 4.79. The number of halogens is 1. The normalized spacial score (nSPS) is 18.2. The fraction of sp³-hybridized carbons (Fsp3) is 0.370. The number of piperidine rings is 1. The van der Waals surface area contributed by atoms with E-state index in [1.807, 2.05) is 28.8 Å². The lowest BCUT2D eigenvalue weighted by atomic mass is 9.95. The van der Waals surface area contributed by atoms with Crippen molar-refractivity contribution in [3.63, 3.8) is 0 Å². The van der Waals surface area contributed by atoms with Gasteiger partial charge in [0, 0.05) is 24.7 Å². The average molecular weight is 477 g/mol. The van der Waals surface area contributed by atoms with Crippen LogP contribution in [0.15, 0.2) is 54.9 Å². The van der Waals surface area contributed by atoms with Gasteiger partial charge >= 0.3 is 0 Å². The number of amides is 2. The number of rotatable bonds is 5. The number of anilines is 1. The molecule has 3 aromatic rings. The number of carbonyl (C=O) groups excluding carboxylic acids is 2. The van der Waals surface area contributed by atoms with Gasteiger partial charge in [-0.1, -0.05) is 31.2 Å². The minimum Gasteiger partial charge on any atom is -0.365 e. The van der Waals surface area contributed by atoms with Gasteiger partial charge in [0.2, 0.25) is 5.91 Å². The summed E-state index contributed by atoms with van der Waals surface area (Å²) in [4.78, 5) is 32.1. The van der Waals surface area contributed by atoms with E-state index < -0.39 is 0 Å². The lowest BCUT2D eigenvalue weighted by Crippen LogP contribution is -2.42. The first-order valence-electron chi connectivity index (χ1n) is 12.1. The number of fused-ring (bicyclic) bond motifs is 1. The van der Waals surface area contributed by atoms with Gasteiger partial charge in [-0.25, -0.2) is 9.37 Å². The van der Waals surface area contributed by atoms with Crippen LogP contribution in [-0.2, 0) is 29.1 Å². The van der Waals surface area contributed by atoms with Gasteiger partial charge in [-0.05, 0) is 54.7 Å². The third kappa shape index (κ3) is 4.98. The first-order valence-corrected chi connectivity index (χ1v) is 12.1. The summed E-state index contributed by atoms with van der Waals surface area (Å²) in [5.74, 6) is -0.533. The summed E-state index contributed by atoms with van der Waals surface area (Å²) in [6.07, 6.45) is 3.60. The Kier molecular flexibility index (Phi) is 6.63. The first kappa shape index (κ1) is 23.2. The Labute approximate surface area is 203 Å². The van der Waals surface area contributed by atoms with Crippen molar-refractivity contribution in [2.24, 2.45) is 5.92 Å². The molecule has 0 bridgehead atoms. The van der Waals surface area contributed by atoms with Crippen LogP contribution in [0.1, 0.15) is 53.2 Å². The topological polar surface area (TPSA) is 76.5 Å². The molecular weight excluding hydrogens is 447 g/mol. The second-order valence-electron chi connectivity index (χ2n) is 9.15. The number of nitrogens with zero attached hydrogens (tertiary/aromatic N) is 3. The number of nitrogens with one attached hydrogen (secondary N) is 1. The van der Waals surface area contributed by atoms with Crippen LogP contribution in [0.5, 0.6) is 0 Å². The monoisotopic (exact) mass is 476 g/mol. The van der Waals surface area contributed by atoms with E-state index in [1.54, 1.807) is 23.4 Å². The molecule has 0 saturated carbocycles. The van der Waals surface area contributed by atoms with Gasteiger partial charge in [0.25, 0.3) is 5.91 Å². The molecule has 0 aliphatic carbocycles. The van der Waals surface area contributed by atoms with Crippen molar-refractivity contribution in [3.05, 3.63) is 83.2 Å². The minimum absolute atomic E-state index is 0.00459. The highest BCUT2D eigenvalue weighted by molar-refractivity contribution is 5.95. The second-order valence-corrected chi connectivity index (χ2v) is 9.15. The summed E-state index contributed by atoms with van der Waals surface area (Å²) in [5.41, 5.74) is 4.04. The number of hydrogen-bond acceptors (Lipinski definition) is 4. The van der Waals surface area contributed by atoms with Gasteiger partial charge in [-0.15, -0.1) is 0 Å². The molecule has 7 nitrogen and oxygen atoms in total.